The highest BCUT2D eigenvalue weighted by molar-refractivity contribution is 5.39. The van der Waals surface area contributed by atoms with Gasteiger partial charge < -0.3 is 5.11 Å². The van der Waals surface area contributed by atoms with Gasteiger partial charge in [0.15, 0.2) is 0 Å². The Kier molecular flexibility index (Phi) is 4.63. The van der Waals surface area contributed by atoms with Crippen LogP contribution in [0.4, 0.5) is 0 Å². The molecular formula is C13H21NO. The molecule has 0 aliphatic rings. The number of aryl methyl sites for hydroxylation is 1. The van der Waals surface area contributed by atoms with Crippen LogP contribution in [0.25, 0.3) is 0 Å². The highest BCUT2D eigenvalue weighted by Gasteiger charge is 2.07. The number of aromatic hydroxyl groups is 1. The molecule has 0 amide bonds. The summed E-state index contributed by atoms with van der Waals surface area (Å²) < 4.78 is 0. The van der Waals surface area contributed by atoms with Crippen molar-refractivity contribution in [3.63, 3.8) is 0 Å². The second-order valence-corrected chi connectivity index (χ2v) is 3.95. The van der Waals surface area contributed by atoms with E-state index in [1.54, 1.807) is 0 Å². The molecule has 0 radical (unpaired) electrons. The van der Waals surface area contributed by atoms with Crippen molar-refractivity contribution in [2.75, 3.05) is 13.1 Å². The van der Waals surface area contributed by atoms with Gasteiger partial charge in [0.2, 0.25) is 0 Å². The van der Waals surface area contributed by atoms with Crippen LogP contribution in [0.15, 0.2) is 18.2 Å². The van der Waals surface area contributed by atoms with E-state index in [-0.39, 0.29) is 0 Å². The van der Waals surface area contributed by atoms with Crippen molar-refractivity contribution in [3.8, 4) is 5.75 Å². The summed E-state index contributed by atoms with van der Waals surface area (Å²) in [6.07, 6.45) is 1.15. The van der Waals surface area contributed by atoms with Crippen LogP contribution in [0.1, 0.15) is 31.4 Å². The molecule has 15 heavy (non-hydrogen) atoms. The molecule has 0 spiro atoms. The summed E-state index contributed by atoms with van der Waals surface area (Å²) in [6, 6.07) is 5.94. The predicted octanol–water partition coefficient (Wildman–Crippen LogP) is 2.93. The number of hydrogen-bond donors (Lipinski definition) is 1. The molecule has 0 heterocycles. The van der Waals surface area contributed by atoms with Crippen LogP contribution in [-0.2, 0) is 6.54 Å². The van der Waals surface area contributed by atoms with Crippen molar-refractivity contribution in [1.82, 2.24) is 4.90 Å². The maximum absolute atomic E-state index is 9.88. The van der Waals surface area contributed by atoms with Gasteiger partial charge in [-0.25, -0.2) is 0 Å². The fourth-order valence-electron chi connectivity index (χ4n) is 1.75. The van der Waals surface area contributed by atoms with Gasteiger partial charge in [-0.2, -0.15) is 0 Å². The SMILES string of the molecule is CCCN(CC)Cc1cccc(C)c1O. The van der Waals surface area contributed by atoms with Crippen LogP contribution in [-0.4, -0.2) is 23.1 Å². The Labute approximate surface area is 92.5 Å². The van der Waals surface area contributed by atoms with Gasteiger partial charge in [-0.15, -0.1) is 0 Å². The second-order valence-electron chi connectivity index (χ2n) is 3.95. The molecule has 0 aromatic heterocycles. The molecule has 0 saturated heterocycles. The minimum Gasteiger partial charge on any atom is -0.507 e. The smallest absolute Gasteiger partial charge is 0.122 e. The average molecular weight is 207 g/mol. The number of phenolic OH excluding ortho intramolecular Hbond substituents is 1. The fourth-order valence-corrected chi connectivity index (χ4v) is 1.75. The maximum atomic E-state index is 9.88. The van der Waals surface area contributed by atoms with E-state index in [2.05, 4.69) is 18.7 Å². The summed E-state index contributed by atoms with van der Waals surface area (Å²) in [6.45, 7) is 9.24. The third-order valence-corrected chi connectivity index (χ3v) is 2.70. The first-order valence-corrected chi connectivity index (χ1v) is 5.68. The number of hydrogen-bond acceptors (Lipinski definition) is 2. The van der Waals surface area contributed by atoms with Crippen LogP contribution in [0.3, 0.4) is 0 Å². The molecule has 0 aliphatic carbocycles. The monoisotopic (exact) mass is 207 g/mol. The Bertz CT molecular complexity index is 309. The standard InChI is InChI=1S/C13H21NO/c1-4-9-14(5-2)10-12-8-6-7-11(3)13(12)15/h6-8,15H,4-5,9-10H2,1-3H3. The lowest BCUT2D eigenvalue weighted by Gasteiger charge is -2.20. The number of para-hydroxylation sites is 1. The number of rotatable bonds is 5. The van der Waals surface area contributed by atoms with Crippen LogP contribution in [0.5, 0.6) is 5.75 Å². The summed E-state index contributed by atoms with van der Waals surface area (Å²) in [5.41, 5.74) is 1.99. The molecular weight excluding hydrogens is 186 g/mol. The normalized spacial score (nSPS) is 10.9. The lowest BCUT2D eigenvalue weighted by molar-refractivity contribution is 0.276. The Morgan fingerprint density at radius 3 is 2.60 bits per heavy atom. The predicted molar refractivity (Wildman–Crippen MR) is 64.1 cm³/mol. The van der Waals surface area contributed by atoms with Gasteiger partial charge in [0.05, 0.1) is 0 Å². The molecule has 1 aromatic rings. The van der Waals surface area contributed by atoms with E-state index in [1.165, 1.54) is 0 Å². The van der Waals surface area contributed by atoms with E-state index in [1.807, 2.05) is 25.1 Å². The molecule has 2 heteroatoms. The molecule has 0 bridgehead atoms. The number of benzene rings is 1. The Balaban J connectivity index is 2.74. The van der Waals surface area contributed by atoms with E-state index >= 15 is 0 Å². The average Bonchev–Trinajstić information content (AvgIpc) is 2.24. The summed E-state index contributed by atoms with van der Waals surface area (Å²) in [4.78, 5) is 2.34. The maximum Gasteiger partial charge on any atom is 0.122 e. The van der Waals surface area contributed by atoms with Gasteiger partial charge >= 0.3 is 0 Å². The molecule has 0 saturated carbocycles. The lowest BCUT2D eigenvalue weighted by atomic mass is 10.1. The first-order valence-electron chi connectivity index (χ1n) is 5.68. The number of phenols is 1. The van der Waals surface area contributed by atoms with E-state index in [0.717, 1.165) is 37.2 Å². The summed E-state index contributed by atoms with van der Waals surface area (Å²) in [5, 5.41) is 9.88. The second kappa shape index (κ2) is 5.76. The molecule has 1 N–H and O–H groups in total. The van der Waals surface area contributed by atoms with E-state index in [4.69, 9.17) is 0 Å². The highest BCUT2D eigenvalue weighted by atomic mass is 16.3. The molecule has 1 aromatic carbocycles. The van der Waals surface area contributed by atoms with Crippen LogP contribution in [0, 0.1) is 6.92 Å². The molecule has 1 rings (SSSR count). The van der Waals surface area contributed by atoms with E-state index < -0.39 is 0 Å². The first-order chi connectivity index (χ1) is 7.19. The first kappa shape index (κ1) is 12.1. The summed E-state index contributed by atoms with van der Waals surface area (Å²) >= 11 is 0. The van der Waals surface area contributed by atoms with Crippen molar-refractivity contribution in [2.45, 2.75) is 33.7 Å². The summed E-state index contributed by atoms with van der Waals surface area (Å²) in [5.74, 6) is 0.451. The minimum absolute atomic E-state index is 0.451. The van der Waals surface area contributed by atoms with Crippen molar-refractivity contribution in [2.24, 2.45) is 0 Å². The minimum atomic E-state index is 0.451. The Morgan fingerprint density at radius 1 is 1.27 bits per heavy atom. The molecule has 0 atom stereocenters. The Morgan fingerprint density at radius 2 is 2.00 bits per heavy atom. The zero-order valence-electron chi connectivity index (χ0n) is 9.95. The molecule has 0 fully saturated rings. The van der Waals surface area contributed by atoms with Gasteiger partial charge in [-0.3, -0.25) is 4.90 Å². The van der Waals surface area contributed by atoms with Crippen molar-refractivity contribution >= 4 is 0 Å². The molecule has 0 unspecified atom stereocenters. The third kappa shape index (κ3) is 3.24. The van der Waals surface area contributed by atoms with Gasteiger partial charge in [0, 0.05) is 12.1 Å². The van der Waals surface area contributed by atoms with Crippen LogP contribution >= 0.6 is 0 Å². The van der Waals surface area contributed by atoms with Crippen LogP contribution < -0.4 is 0 Å². The topological polar surface area (TPSA) is 23.5 Å². The molecule has 2 nitrogen and oxygen atoms in total. The Hall–Kier alpha value is -1.02. The number of nitrogens with zero attached hydrogens (tertiary/aromatic N) is 1. The van der Waals surface area contributed by atoms with Crippen molar-refractivity contribution in [1.29, 1.82) is 0 Å². The zero-order chi connectivity index (χ0) is 11.3. The molecule has 84 valence electrons. The zero-order valence-corrected chi connectivity index (χ0v) is 9.95. The molecule has 0 aliphatic heterocycles. The van der Waals surface area contributed by atoms with Gasteiger partial charge in [0.1, 0.15) is 5.75 Å². The fraction of sp³-hybridized carbons (Fsp3) is 0.538. The quantitative estimate of drug-likeness (QED) is 0.802. The van der Waals surface area contributed by atoms with Crippen molar-refractivity contribution in [3.05, 3.63) is 29.3 Å². The van der Waals surface area contributed by atoms with E-state index in [9.17, 15) is 5.11 Å². The summed E-state index contributed by atoms with van der Waals surface area (Å²) in [7, 11) is 0. The highest BCUT2D eigenvalue weighted by Crippen LogP contribution is 2.22. The van der Waals surface area contributed by atoms with Gasteiger partial charge in [-0.1, -0.05) is 32.0 Å². The van der Waals surface area contributed by atoms with Gasteiger partial charge in [-0.05, 0) is 32.0 Å². The van der Waals surface area contributed by atoms with E-state index in [0.29, 0.717) is 5.75 Å². The third-order valence-electron chi connectivity index (χ3n) is 2.70. The largest absolute Gasteiger partial charge is 0.507 e. The lowest BCUT2D eigenvalue weighted by Crippen LogP contribution is -2.23. The van der Waals surface area contributed by atoms with Gasteiger partial charge in [0.25, 0.3) is 0 Å². The van der Waals surface area contributed by atoms with Crippen molar-refractivity contribution < 1.29 is 5.11 Å². The van der Waals surface area contributed by atoms with Crippen LogP contribution in [0.2, 0.25) is 0 Å².